The summed E-state index contributed by atoms with van der Waals surface area (Å²) in [5.41, 5.74) is 2.07. The molecule has 2 heterocycles. The molecule has 0 saturated carbocycles. The van der Waals surface area contributed by atoms with Crippen molar-refractivity contribution in [2.75, 3.05) is 13.1 Å². The number of benzene rings is 2. The Morgan fingerprint density at radius 2 is 1.92 bits per heavy atom. The molecule has 0 aliphatic carbocycles. The molecule has 4 nitrogen and oxygen atoms in total. The first-order valence-electron chi connectivity index (χ1n) is 7.89. The second-order valence-corrected chi connectivity index (χ2v) is 8.22. The molecule has 0 unspecified atom stereocenters. The molecule has 1 N–H and O–H groups in total. The summed E-state index contributed by atoms with van der Waals surface area (Å²) in [6.45, 7) is 3.69. The second-order valence-electron chi connectivity index (χ2n) is 6.28. The molecule has 1 saturated heterocycles. The van der Waals surface area contributed by atoms with E-state index in [1.165, 1.54) is 0 Å². The van der Waals surface area contributed by atoms with Gasteiger partial charge in [-0.1, -0.05) is 18.2 Å². The van der Waals surface area contributed by atoms with Crippen LogP contribution in [0.3, 0.4) is 0 Å². The topological polar surface area (TPSA) is 55.4 Å². The highest BCUT2D eigenvalue weighted by Gasteiger charge is 2.36. The molecular formula is C18H20ClNO3S. The number of piperidine rings is 1. The van der Waals surface area contributed by atoms with Crippen molar-refractivity contribution in [2.45, 2.75) is 35.2 Å². The van der Waals surface area contributed by atoms with Gasteiger partial charge in [-0.2, -0.15) is 0 Å². The minimum absolute atomic E-state index is 0. The number of nitrogens with one attached hydrogen (secondary N) is 1. The third-order valence-electron chi connectivity index (χ3n) is 4.70. The fourth-order valence-corrected chi connectivity index (χ4v) is 4.86. The van der Waals surface area contributed by atoms with Gasteiger partial charge in [-0.25, -0.2) is 8.42 Å². The van der Waals surface area contributed by atoms with Crippen LogP contribution in [-0.4, -0.2) is 27.6 Å². The summed E-state index contributed by atoms with van der Waals surface area (Å²) in [4.78, 5) is 0.628. The summed E-state index contributed by atoms with van der Waals surface area (Å²) in [6, 6.07) is 12.3. The highest BCUT2D eigenvalue weighted by Crippen LogP contribution is 2.42. The molecule has 128 valence electrons. The fraction of sp³-hybridized carbons (Fsp3) is 0.333. The van der Waals surface area contributed by atoms with Crippen molar-refractivity contribution in [2.24, 2.45) is 0 Å². The van der Waals surface area contributed by atoms with Crippen LogP contribution < -0.4 is 10.1 Å². The average molecular weight is 366 g/mol. The minimum atomic E-state index is -3.51. The van der Waals surface area contributed by atoms with E-state index in [0.29, 0.717) is 15.7 Å². The Labute approximate surface area is 148 Å². The average Bonchev–Trinajstić information content (AvgIpc) is 2.92. The number of fused-ring (bicyclic) bond motifs is 3. The van der Waals surface area contributed by atoms with Crippen molar-refractivity contribution in [3.8, 4) is 5.75 Å². The van der Waals surface area contributed by atoms with Gasteiger partial charge in [0.05, 0.1) is 9.79 Å². The normalized spacial score (nSPS) is 22.0. The van der Waals surface area contributed by atoms with E-state index in [1.807, 2.05) is 19.1 Å². The number of sulfone groups is 1. The molecule has 2 aliphatic heterocycles. The van der Waals surface area contributed by atoms with Gasteiger partial charge in [0.15, 0.2) is 0 Å². The quantitative estimate of drug-likeness (QED) is 0.888. The first-order valence-corrected chi connectivity index (χ1v) is 9.37. The molecule has 1 fully saturated rings. The van der Waals surface area contributed by atoms with Crippen molar-refractivity contribution in [3.05, 3.63) is 53.6 Å². The van der Waals surface area contributed by atoms with Crippen LogP contribution in [0.15, 0.2) is 52.3 Å². The second kappa shape index (κ2) is 6.39. The number of hydrogen-bond donors (Lipinski definition) is 1. The molecule has 0 radical (unpaired) electrons. The zero-order valence-electron chi connectivity index (χ0n) is 13.4. The van der Waals surface area contributed by atoms with Gasteiger partial charge in [0.25, 0.3) is 0 Å². The summed E-state index contributed by atoms with van der Waals surface area (Å²) >= 11 is 0. The van der Waals surface area contributed by atoms with Gasteiger partial charge in [0.2, 0.25) is 9.84 Å². The Kier molecular flexibility index (Phi) is 4.60. The van der Waals surface area contributed by atoms with Crippen LogP contribution in [0.1, 0.15) is 23.5 Å². The monoisotopic (exact) mass is 365 g/mol. The van der Waals surface area contributed by atoms with E-state index < -0.39 is 9.84 Å². The lowest BCUT2D eigenvalue weighted by molar-refractivity contribution is 0.176. The Morgan fingerprint density at radius 3 is 2.71 bits per heavy atom. The Bertz CT molecular complexity index is 866. The highest BCUT2D eigenvalue weighted by molar-refractivity contribution is 7.91. The van der Waals surface area contributed by atoms with Gasteiger partial charge in [-0.15, -0.1) is 12.4 Å². The Morgan fingerprint density at radius 1 is 1.12 bits per heavy atom. The maximum absolute atomic E-state index is 12.8. The molecule has 4 rings (SSSR count). The standard InChI is InChI=1S/C18H19NO3S.ClH/c1-12-3-2-4-13(9-12)23(20,21)14-5-6-15-16-7-8-19-11-18(16)22-17(15)10-14;/h2-6,9-10,16,18-19H,7-8,11H2,1H3;1H/t16-,18-;/m0./s1. The van der Waals surface area contributed by atoms with Gasteiger partial charge in [-0.3, -0.25) is 0 Å². The van der Waals surface area contributed by atoms with Crippen LogP contribution in [0.25, 0.3) is 0 Å². The molecule has 2 aliphatic rings. The van der Waals surface area contributed by atoms with Crippen LogP contribution in [0, 0.1) is 6.92 Å². The summed E-state index contributed by atoms with van der Waals surface area (Å²) in [6.07, 6.45) is 1.15. The van der Waals surface area contributed by atoms with Crippen LogP contribution in [0.5, 0.6) is 5.75 Å². The van der Waals surface area contributed by atoms with Crippen LogP contribution in [-0.2, 0) is 9.84 Å². The van der Waals surface area contributed by atoms with Crippen LogP contribution >= 0.6 is 12.4 Å². The molecule has 2 atom stereocenters. The molecule has 0 amide bonds. The third-order valence-corrected chi connectivity index (χ3v) is 6.45. The molecular weight excluding hydrogens is 346 g/mol. The number of aryl methyl sites for hydroxylation is 1. The zero-order valence-corrected chi connectivity index (χ0v) is 15.0. The molecule has 6 heteroatoms. The van der Waals surface area contributed by atoms with E-state index in [0.717, 1.165) is 36.4 Å². The van der Waals surface area contributed by atoms with Crippen molar-refractivity contribution in [1.82, 2.24) is 5.32 Å². The number of halogens is 1. The molecule has 0 bridgehead atoms. The smallest absolute Gasteiger partial charge is 0.206 e. The molecule has 2 aromatic rings. The van der Waals surface area contributed by atoms with E-state index in [9.17, 15) is 8.42 Å². The lowest BCUT2D eigenvalue weighted by atomic mass is 9.90. The van der Waals surface area contributed by atoms with Crippen LogP contribution in [0.4, 0.5) is 0 Å². The molecule has 24 heavy (non-hydrogen) atoms. The Hall–Kier alpha value is -1.56. The summed E-state index contributed by atoms with van der Waals surface area (Å²) < 4.78 is 31.6. The van der Waals surface area contributed by atoms with Gasteiger partial charge in [0, 0.05) is 18.0 Å². The van der Waals surface area contributed by atoms with E-state index in [1.54, 1.807) is 30.3 Å². The van der Waals surface area contributed by atoms with Crippen molar-refractivity contribution < 1.29 is 13.2 Å². The fourth-order valence-electron chi connectivity index (χ4n) is 3.48. The third kappa shape index (κ3) is 2.81. The predicted molar refractivity (Wildman–Crippen MR) is 95.0 cm³/mol. The summed E-state index contributed by atoms with van der Waals surface area (Å²) in [7, 11) is -3.51. The van der Waals surface area contributed by atoms with E-state index in [-0.39, 0.29) is 18.5 Å². The molecule has 0 aromatic heterocycles. The Balaban J connectivity index is 0.00000169. The zero-order chi connectivity index (χ0) is 16.0. The first kappa shape index (κ1) is 17.3. The van der Waals surface area contributed by atoms with Gasteiger partial charge >= 0.3 is 0 Å². The number of hydrogen-bond acceptors (Lipinski definition) is 4. The van der Waals surface area contributed by atoms with Gasteiger partial charge in [0.1, 0.15) is 11.9 Å². The van der Waals surface area contributed by atoms with Crippen LogP contribution in [0.2, 0.25) is 0 Å². The summed E-state index contributed by atoms with van der Waals surface area (Å²) in [5, 5.41) is 3.32. The van der Waals surface area contributed by atoms with Gasteiger partial charge < -0.3 is 10.1 Å². The number of ether oxygens (including phenoxy) is 1. The van der Waals surface area contributed by atoms with E-state index in [2.05, 4.69) is 5.32 Å². The lowest BCUT2D eigenvalue weighted by Gasteiger charge is -2.24. The predicted octanol–water partition coefficient (Wildman–Crippen LogP) is 3.09. The highest BCUT2D eigenvalue weighted by atomic mass is 35.5. The molecule has 0 spiro atoms. The van der Waals surface area contributed by atoms with Gasteiger partial charge in [-0.05, 0) is 49.7 Å². The maximum atomic E-state index is 12.8. The minimum Gasteiger partial charge on any atom is -0.488 e. The van der Waals surface area contributed by atoms with Crippen molar-refractivity contribution in [3.63, 3.8) is 0 Å². The molecule has 2 aromatic carbocycles. The maximum Gasteiger partial charge on any atom is 0.206 e. The van der Waals surface area contributed by atoms with Crippen molar-refractivity contribution >= 4 is 22.2 Å². The van der Waals surface area contributed by atoms with E-state index in [4.69, 9.17) is 4.74 Å². The SMILES string of the molecule is Cc1cccc(S(=O)(=O)c2ccc3c(c2)O[C@H]2CNCC[C@@H]32)c1.Cl. The van der Waals surface area contributed by atoms with Crippen molar-refractivity contribution in [1.29, 1.82) is 0 Å². The number of rotatable bonds is 2. The lowest BCUT2D eigenvalue weighted by Crippen LogP contribution is -2.39. The largest absolute Gasteiger partial charge is 0.488 e. The van der Waals surface area contributed by atoms with E-state index >= 15 is 0 Å². The summed E-state index contributed by atoms with van der Waals surface area (Å²) in [5.74, 6) is 1.10. The first-order chi connectivity index (χ1) is 11.1.